The molecule has 0 amide bonds. The predicted molar refractivity (Wildman–Crippen MR) is 75.5 cm³/mol. The molecule has 3 aromatic rings. The maximum Gasteiger partial charge on any atom is 0.305 e. The van der Waals surface area contributed by atoms with E-state index in [1.807, 2.05) is 30.3 Å². The quantitative estimate of drug-likeness (QED) is 0.786. The Morgan fingerprint density at radius 3 is 3.00 bits per heavy atom. The van der Waals surface area contributed by atoms with Gasteiger partial charge in [0.1, 0.15) is 0 Å². The molecule has 0 fully saturated rings. The van der Waals surface area contributed by atoms with Crippen LogP contribution in [0.5, 0.6) is 0 Å². The average molecular weight is 283 g/mol. The topological polar surface area (TPSA) is 93.8 Å². The van der Waals surface area contributed by atoms with Crippen molar-refractivity contribution < 1.29 is 9.90 Å². The van der Waals surface area contributed by atoms with Crippen LogP contribution in [0.1, 0.15) is 19.4 Å². The van der Waals surface area contributed by atoms with E-state index < -0.39 is 5.97 Å². The summed E-state index contributed by atoms with van der Waals surface area (Å²) in [5.74, 6) is -0.342. The summed E-state index contributed by atoms with van der Waals surface area (Å²) in [4.78, 5) is 15.2. The number of aliphatic carboxylic acids is 1. The van der Waals surface area contributed by atoms with Crippen LogP contribution in [0, 0.1) is 0 Å². The number of rotatable bonds is 4. The van der Waals surface area contributed by atoms with E-state index in [4.69, 9.17) is 5.11 Å². The van der Waals surface area contributed by atoms with Crippen LogP contribution in [0.2, 0.25) is 0 Å². The normalized spacial score (nSPS) is 12.4. The maximum absolute atomic E-state index is 10.9. The zero-order chi connectivity index (χ0) is 14.8. The number of tetrazole rings is 1. The minimum Gasteiger partial charge on any atom is -0.481 e. The third kappa shape index (κ3) is 2.45. The Kier molecular flexibility index (Phi) is 3.31. The van der Waals surface area contributed by atoms with Crippen molar-refractivity contribution in [3.05, 3.63) is 36.5 Å². The van der Waals surface area contributed by atoms with Gasteiger partial charge in [0.15, 0.2) is 5.82 Å². The molecule has 0 saturated heterocycles. The first-order chi connectivity index (χ1) is 10.2. The van der Waals surface area contributed by atoms with Crippen molar-refractivity contribution in [3.63, 3.8) is 0 Å². The van der Waals surface area contributed by atoms with E-state index in [-0.39, 0.29) is 12.5 Å². The number of hydrogen-bond acceptors (Lipinski definition) is 5. The fraction of sp³-hybridized carbons (Fsp3) is 0.214. The molecule has 106 valence electrons. The van der Waals surface area contributed by atoms with Crippen LogP contribution in [-0.2, 0) is 4.79 Å². The Bertz CT molecular complexity index is 793. The van der Waals surface area contributed by atoms with Crippen LogP contribution < -0.4 is 0 Å². The highest BCUT2D eigenvalue weighted by Crippen LogP contribution is 2.27. The van der Waals surface area contributed by atoms with Crippen molar-refractivity contribution in [3.8, 4) is 11.4 Å². The summed E-state index contributed by atoms with van der Waals surface area (Å²) in [6.07, 6.45) is 1.68. The highest BCUT2D eigenvalue weighted by atomic mass is 16.4. The molecule has 3 rings (SSSR count). The molecule has 7 nitrogen and oxygen atoms in total. The zero-order valence-corrected chi connectivity index (χ0v) is 11.3. The lowest BCUT2D eigenvalue weighted by Crippen LogP contribution is -2.13. The number of pyridine rings is 1. The first-order valence-corrected chi connectivity index (χ1v) is 6.50. The molecule has 2 aromatic heterocycles. The molecule has 0 spiro atoms. The van der Waals surface area contributed by atoms with E-state index in [2.05, 4.69) is 20.5 Å². The Hall–Kier alpha value is -2.83. The molecule has 1 aromatic carbocycles. The van der Waals surface area contributed by atoms with Gasteiger partial charge in [0.2, 0.25) is 0 Å². The zero-order valence-electron chi connectivity index (χ0n) is 11.3. The summed E-state index contributed by atoms with van der Waals surface area (Å²) < 4.78 is 1.54. The Morgan fingerprint density at radius 1 is 1.33 bits per heavy atom. The maximum atomic E-state index is 10.9. The molecule has 1 N–H and O–H groups in total. The number of fused-ring (bicyclic) bond motifs is 1. The molecule has 7 heteroatoms. The van der Waals surface area contributed by atoms with Crippen LogP contribution in [0.25, 0.3) is 22.3 Å². The molecule has 0 saturated carbocycles. The first-order valence-electron chi connectivity index (χ1n) is 6.50. The van der Waals surface area contributed by atoms with Crippen molar-refractivity contribution in [2.45, 2.75) is 19.4 Å². The third-order valence-electron chi connectivity index (χ3n) is 3.27. The fourth-order valence-electron chi connectivity index (χ4n) is 2.31. The molecule has 1 atom stereocenters. The fourth-order valence-corrected chi connectivity index (χ4v) is 2.31. The molecule has 0 bridgehead atoms. The van der Waals surface area contributed by atoms with Gasteiger partial charge in [0.25, 0.3) is 0 Å². The number of benzene rings is 1. The molecule has 0 radical (unpaired) electrons. The number of aromatic nitrogens is 5. The lowest BCUT2D eigenvalue weighted by atomic mass is 10.1. The van der Waals surface area contributed by atoms with Gasteiger partial charge in [-0.3, -0.25) is 9.78 Å². The van der Waals surface area contributed by atoms with E-state index in [0.717, 1.165) is 16.5 Å². The van der Waals surface area contributed by atoms with Crippen molar-refractivity contribution in [2.24, 2.45) is 0 Å². The standard InChI is InChI=1S/C14H13N5O2/c1-9(8-13(20)21)19-14(16-17-18-19)11-4-2-6-12-10(11)5-3-7-15-12/h2-7,9H,8H2,1H3,(H,20,21). The minimum absolute atomic E-state index is 0.0406. The van der Waals surface area contributed by atoms with Crippen LogP contribution >= 0.6 is 0 Å². The van der Waals surface area contributed by atoms with Gasteiger partial charge in [-0.2, -0.15) is 0 Å². The monoisotopic (exact) mass is 283 g/mol. The van der Waals surface area contributed by atoms with E-state index in [1.54, 1.807) is 13.1 Å². The van der Waals surface area contributed by atoms with Gasteiger partial charge in [-0.05, 0) is 29.5 Å². The predicted octanol–water partition coefficient (Wildman–Crippen LogP) is 1.92. The summed E-state index contributed by atoms with van der Waals surface area (Å²) in [5.41, 5.74) is 1.68. The molecular weight excluding hydrogens is 270 g/mol. The van der Waals surface area contributed by atoms with Crippen molar-refractivity contribution in [1.29, 1.82) is 0 Å². The average Bonchev–Trinajstić information content (AvgIpc) is 2.95. The van der Waals surface area contributed by atoms with Crippen molar-refractivity contribution in [1.82, 2.24) is 25.2 Å². The van der Waals surface area contributed by atoms with Gasteiger partial charge in [0.05, 0.1) is 18.0 Å². The van der Waals surface area contributed by atoms with Gasteiger partial charge in [-0.25, -0.2) is 4.68 Å². The second kappa shape index (κ2) is 5.28. The van der Waals surface area contributed by atoms with Crippen molar-refractivity contribution in [2.75, 3.05) is 0 Å². The highest BCUT2D eigenvalue weighted by molar-refractivity contribution is 5.92. The molecule has 2 heterocycles. The SMILES string of the molecule is CC(CC(=O)O)n1nnnc1-c1cccc2ncccc12. The Balaban J connectivity index is 2.12. The van der Waals surface area contributed by atoms with E-state index in [0.29, 0.717) is 5.82 Å². The van der Waals surface area contributed by atoms with Crippen LogP contribution in [0.15, 0.2) is 36.5 Å². The van der Waals surface area contributed by atoms with Crippen LogP contribution in [0.3, 0.4) is 0 Å². The van der Waals surface area contributed by atoms with Crippen LogP contribution in [-0.4, -0.2) is 36.3 Å². The molecule has 0 aliphatic heterocycles. The lowest BCUT2D eigenvalue weighted by Gasteiger charge is -2.12. The number of carbonyl (C=O) groups is 1. The molecular formula is C14H13N5O2. The molecule has 21 heavy (non-hydrogen) atoms. The smallest absolute Gasteiger partial charge is 0.305 e. The molecule has 0 aliphatic rings. The summed E-state index contributed by atoms with van der Waals surface area (Å²) in [7, 11) is 0. The first kappa shape index (κ1) is 13.2. The van der Waals surface area contributed by atoms with Gasteiger partial charge in [-0.1, -0.05) is 18.2 Å². The summed E-state index contributed by atoms with van der Waals surface area (Å²) in [6.45, 7) is 1.78. The lowest BCUT2D eigenvalue weighted by molar-refractivity contribution is -0.137. The van der Waals surface area contributed by atoms with Gasteiger partial charge < -0.3 is 5.11 Å². The Labute approximate surface area is 120 Å². The van der Waals surface area contributed by atoms with E-state index in [1.165, 1.54) is 4.68 Å². The molecule has 1 unspecified atom stereocenters. The summed E-state index contributed by atoms with van der Waals surface area (Å²) >= 11 is 0. The Morgan fingerprint density at radius 2 is 2.19 bits per heavy atom. The van der Waals surface area contributed by atoms with E-state index in [9.17, 15) is 4.79 Å². The second-order valence-corrected chi connectivity index (χ2v) is 4.77. The molecule has 0 aliphatic carbocycles. The highest BCUT2D eigenvalue weighted by Gasteiger charge is 2.18. The summed E-state index contributed by atoms with van der Waals surface area (Å²) in [5, 5.41) is 21.5. The number of nitrogens with zero attached hydrogens (tertiary/aromatic N) is 5. The summed E-state index contributed by atoms with van der Waals surface area (Å²) in [6, 6.07) is 9.15. The van der Waals surface area contributed by atoms with Gasteiger partial charge in [-0.15, -0.1) is 5.10 Å². The van der Waals surface area contributed by atoms with Crippen LogP contribution in [0.4, 0.5) is 0 Å². The minimum atomic E-state index is -0.886. The third-order valence-corrected chi connectivity index (χ3v) is 3.27. The van der Waals surface area contributed by atoms with Gasteiger partial charge in [0, 0.05) is 17.1 Å². The van der Waals surface area contributed by atoms with E-state index >= 15 is 0 Å². The van der Waals surface area contributed by atoms with Gasteiger partial charge >= 0.3 is 5.97 Å². The number of carboxylic acid groups (broad SMARTS) is 1. The second-order valence-electron chi connectivity index (χ2n) is 4.77. The van der Waals surface area contributed by atoms with Crippen molar-refractivity contribution >= 4 is 16.9 Å². The number of hydrogen-bond donors (Lipinski definition) is 1. The largest absolute Gasteiger partial charge is 0.481 e. The number of carboxylic acids is 1.